The van der Waals surface area contributed by atoms with Crippen LogP contribution in [0.3, 0.4) is 0 Å². The number of amides is 1. The first-order valence-electron chi connectivity index (χ1n) is 8.42. The molecule has 0 saturated heterocycles. The number of nitrogens with zero attached hydrogens (tertiary/aromatic N) is 1. The van der Waals surface area contributed by atoms with Crippen LogP contribution in [0.25, 0.3) is 0 Å². The van der Waals surface area contributed by atoms with Gasteiger partial charge < -0.3 is 10.1 Å². The molecule has 0 saturated carbocycles. The lowest BCUT2D eigenvalue weighted by Gasteiger charge is -2.22. The van der Waals surface area contributed by atoms with Crippen molar-refractivity contribution >= 4 is 44.9 Å². The topological polar surface area (TPSA) is 92.8 Å². The van der Waals surface area contributed by atoms with Crippen LogP contribution in [0, 0.1) is 6.92 Å². The molecule has 0 atom stereocenters. The van der Waals surface area contributed by atoms with E-state index in [1.807, 2.05) is 13.0 Å². The summed E-state index contributed by atoms with van der Waals surface area (Å²) in [4.78, 5) is 24.4. The second kappa shape index (κ2) is 9.07. The van der Waals surface area contributed by atoms with Gasteiger partial charge in [0, 0.05) is 5.69 Å². The van der Waals surface area contributed by atoms with Crippen LogP contribution < -0.4 is 9.62 Å². The van der Waals surface area contributed by atoms with E-state index in [0.29, 0.717) is 11.4 Å². The van der Waals surface area contributed by atoms with Crippen molar-refractivity contribution in [2.75, 3.05) is 29.0 Å². The van der Waals surface area contributed by atoms with Gasteiger partial charge in [0.05, 0.1) is 29.1 Å². The average Bonchev–Trinajstić information content (AvgIpc) is 2.60. The minimum Gasteiger partial charge on any atom is -0.462 e. The molecule has 7 nitrogen and oxygen atoms in total. The molecule has 0 unspecified atom stereocenters. The van der Waals surface area contributed by atoms with Gasteiger partial charge in [-0.3, -0.25) is 9.10 Å². The Labute approximate surface area is 169 Å². The number of hydrogen-bond acceptors (Lipinski definition) is 5. The molecule has 9 heteroatoms. The van der Waals surface area contributed by atoms with Crippen LogP contribution in [0.4, 0.5) is 11.4 Å². The molecule has 0 heterocycles. The van der Waals surface area contributed by atoms with Crippen LogP contribution in [0.15, 0.2) is 42.5 Å². The fourth-order valence-electron chi connectivity index (χ4n) is 2.48. The summed E-state index contributed by atoms with van der Waals surface area (Å²) in [5, 5.41) is 2.77. The molecule has 2 aromatic rings. The number of carbonyl (C=O) groups is 2. The summed E-state index contributed by atoms with van der Waals surface area (Å²) in [6, 6.07) is 11.2. The van der Waals surface area contributed by atoms with Crippen LogP contribution in [0.1, 0.15) is 22.8 Å². The van der Waals surface area contributed by atoms with Crippen molar-refractivity contribution in [3.05, 3.63) is 58.6 Å². The predicted molar refractivity (Wildman–Crippen MR) is 109 cm³/mol. The summed E-state index contributed by atoms with van der Waals surface area (Å²) in [6.45, 7) is 3.27. The van der Waals surface area contributed by atoms with Crippen molar-refractivity contribution in [2.45, 2.75) is 13.8 Å². The summed E-state index contributed by atoms with van der Waals surface area (Å²) >= 11 is 6.00. The highest BCUT2D eigenvalue weighted by Crippen LogP contribution is 2.22. The van der Waals surface area contributed by atoms with Gasteiger partial charge in [-0.15, -0.1) is 0 Å². The molecular formula is C19H21ClN2O5S. The second-order valence-corrected chi connectivity index (χ2v) is 8.39. The molecule has 0 fully saturated rings. The first kappa shape index (κ1) is 21.7. The number of sulfonamides is 1. The summed E-state index contributed by atoms with van der Waals surface area (Å²) in [5.41, 5.74) is 1.67. The van der Waals surface area contributed by atoms with E-state index >= 15 is 0 Å². The Morgan fingerprint density at radius 2 is 1.89 bits per heavy atom. The fourth-order valence-corrected chi connectivity index (χ4v) is 3.53. The van der Waals surface area contributed by atoms with Crippen molar-refractivity contribution in [1.82, 2.24) is 0 Å². The van der Waals surface area contributed by atoms with Gasteiger partial charge in [0.2, 0.25) is 15.9 Å². The molecule has 1 N–H and O–H groups in total. The van der Waals surface area contributed by atoms with Gasteiger partial charge in [-0.25, -0.2) is 13.2 Å². The highest BCUT2D eigenvalue weighted by Gasteiger charge is 2.21. The number of carbonyl (C=O) groups excluding carboxylic acids is 2. The Balaban J connectivity index is 2.22. The van der Waals surface area contributed by atoms with Crippen molar-refractivity contribution in [3.8, 4) is 0 Å². The molecule has 0 aliphatic rings. The van der Waals surface area contributed by atoms with Gasteiger partial charge >= 0.3 is 5.97 Å². The number of ether oxygens (including phenoxy) is 1. The molecule has 2 aromatic carbocycles. The predicted octanol–water partition coefficient (Wildman–Crippen LogP) is 3.23. The molecule has 1 amide bonds. The zero-order chi connectivity index (χ0) is 20.9. The third-order valence-corrected chi connectivity index (χ3v) is 5.19. The number of esters is 1. The third-order valence-electron chi connectivity index (χ3n) is 3.72. The molecular weight excluding hydrogens is 404 g/mol. The van der Waals surface area contributed by atoms with Gasteiger partial charge in [0.1, 0.15) is 6.54 Å². The minimum atomic E-state index is -3.68. The van der Waals surface area contributed by atoms with E-state index in [9.17, 15) is 18.0 Å². The SMILES string of the molecule is CCOC(=O)c1cc(NC(=O)CN(c2cccc(C)c2)S(C)(=O)=O)ccc1Cl. The standard InChI is InChI=1S/C19H21ClN2O5S/c1-4-27-19(24)16-11-14(8-9-17(16)20)21-18(23)12-22(28(3,25)26)15-7-5-6-13(2)10-15/h5-11H,4,12H2,1-3H3,(H,21,23). The zero-order valence-corrected chi connectivity index (χ0v) is 17.3. The Hall–Kier alpha value is -2.58. The van der Waals surface area contributed by atoms with Gasteiger partial charge in [-0.1, -0.05) is 23.7 Å². The summed E-state index contributed by atoms with van der Waals surface area (Å²) in [7, 11) is -3.68. The van der Waals surface area contributed by atoms with Crippen molar-refractivity contribution in [3.63, 3.8) is 0 Å². The van der Waals surface area contributed by atoms with E-state index in [1.54, 1.807) is 25.1 Å². The zero-order valence-electron chi connectivity index (χ0n) is 15.7. The third kappa shape index (κ3) is 5.71. The summed E-state index contributed by atoms with van der Waals surface area (Å²) < 4.78 is 30.3. The van der Waals surface area contributed by atoms with E-state index in [2.05, 4.69) is 5.32 Å². The number of aryl methyl sites for hydroxylation is 1. The molecule has 0 aromatic heterocycles. The average molecular weight is 425 g/mol. The maximum atomic E-state index is 12.5. The second-order valence-electron chi connectivity index (χ2n) is 6.07. The first-order chi connectivity index (χ1) is 13.1. The highest BCUT2D eigenvalue weighted by atomic mass is 35.5. The van der Waals surface area contributed by atoms with Gasteiger partial charge in [0.25, 0.3) is 0 Å². The number of rotatable bonds is 7. The molecule has 0 aliphatic carbocycles. The first-order valence-corrected chi connectivity index (χ1v) is 10.7. The van der Waals surface area contributed by atoms with Crippen molar-refractivity contribution in [1.29, 1.82) is 0 Å². The molecule has 2 rings (SSSR count). The minimum absolute atomic E-state index is 0.111. The molecule has 0 bridgehead atoms. The van der Waals surface area contributed by atoms with E-state index in [0.717, 1.165) is 16.1 Å². The Bertz CT molecular complexity index is 992. The van der Waals surface area contributed by atoms with E-state index in [-0.39, 0.29) is 17.2 Å². The molecule has 0 radical (unpaired) electrons. The highest BCUT2D eigenvalue weighted by molar-refractivity contribution is 7.92. The number of hydrogen-bond donors (Lipinski definition) is 1. The van der Waals surface area contributed by atoms with Crippen molar-refractivity contribution < 1.29 is 22.7 Å². The number of halogens is 1. The maximum Gasteiger partial charge on any atom is 0.339 e. The smallest absolute Gasteiger partial charge is 0.339 e. The lowest BCUT2D eigenvalue weighted by atomic mass is 10.2. The van der Waals surface area contributed by atoms with Gasteiger partial charge in [-0.2, -0.15) is 0 Å². The monoisotopic (exact) mass is 424 g/mol. The van der Waals surface area contributed by atoms with Crippen LogP contribution in [-0.4, -0.2) is 39.7 Å². The van der Waals surface area contributed by atoms with E-state index in [1.165, 1.54) is 18.2 Å². The quantitative estimate of drug-likeness (QED) is 0.689. The van der Waals surface area contributed by atoms with Crippen LogP contribution in [-0.2, 0) is 19.6 Å². The fraction of sp³-hybridized carbons (Fsp3) is 0.263. The largest absolute Gasteiger partial charge is 0.462 e. The molecule has 150 valence electrons. The molecule has 0 spiro atoms. The van der Waals surface area contributed by atoms with Crippen molar-refractivity contribution in [2.24, 2.45) is 0 Å². The Morgan fingerprint density at radius 3 is 2.50 bits per heavy atom. The summed E-state index contributed by atoms with van der Waals surface area (Å²) in [6.07, 6.45) is 1.03. The van der Waals surface area contributed by atoms with Gasteiger partial charge in [0.15, 0.2) is 0 Å². The number of anilines is 2. The maximum absolute atomic E-state index is 12.5. The lowest BCUT2D eigenvalue weighted by molar-refractivity contribution is -0.114. The Kier molecular flexibility index (Phi) is 7.04. The van der Waals surface area contributed by atoms with Crippen LogP contribution in [0.5, 0.6) is 0 Å². The van der Waals surface area contributed by atoms with Crippen LogP contribution in [0.2, 0.25) is 5.02 Å². The molecule has 0 aliphatic heterocycles. The van der Waals surface area contributed by atoms with Crippen LogP contribution >= 0.6 is 11.6 Å². The normalized spacial score (nSPS) is 11.0. The van der Waals surface area contributed by atoms with E-state index in [4.69, 9.17) is 16.3 Å². The lowest BCUT2D eigenvalue weighted by Crippen LogP contribution is -2.37. The number of nitrogens with one attached hydrogen (secondary N) is 1. The molecule has 28 heavy (non-hydrogen) atoms. The van der Waals surface area contributed by atoms with E-state index < -0.39 is 28.4 Å². The number of benzene rings is 2. The Morgan fingerprint density at radius 1 is 1.18 bits per heavy atom. The van der Waals surface area contributed by atoms with Gasteiger partial charge in [-0.05, 0) is 49.7 Å². The summed E-state index contributed by atoms with van der Waals surface area (Å²) in [5.74, 6) is -1.18.